The second-order valence-corrected chi connectivity index (χ2v) is 10.1. The Morgan fingerprint density at radius 2 is 1.47 bits per heavy atom. The summed E-state index contributed by atoms with van der Waals surface area (Å²) in [7, 11) is 0. The van der Waals surface area contributed by atoms with E-state index in [9.17, 15) is 0 Å². The van der Waals surface area contributed by atoms with E-state index in [1.807, 2.05) is 0 Å². The van der Waals surface area contributed by atoms with Crippen LogP contribution in [-0.2, 0) is 5.41 Å². The van der Waals surface area contributed by atoms with Crippen LogP contribution in [0.2, 0.25) is 0 Å². The number of aryl methyl sites for hydroxylation is 1. The first-order valence-corrected chi connectivity index (χ1v) is 12.3. The minimum Gasteiger partial charge on any atom is -0.0839 e. The molecule has 0 saturated carbocycles. The van der Waals surface area contributed by atoms with Crippen molar-refractivity contribution >= 4 is 27.1 Å². The number of allylic oxidation sites excluding steroid dienone is 4. The van der Waals surface area contributed by atoms with E-state index < -0.39 is 0 Å². The fraction of sp³-hybridized carbons (Fsp3) is 0.118. The molecule has 0 bridgehead atoms. The van der Waals surface area contributed by atoms with Crippen LogP contribution in [0.1, 0.15) is 40.7 Å². The maximum Gasteiger partial charge on any atom is 0.0728 e. The summed E-state index contributed by atoms with van der Waals surface area (Å²) in [6.07, 6.45) is 7.06. The molecule has 0 heterocycles. The predicted molar refractivity (Wildman–Crippen MR) is 143 cm³/mol. The van der Waals surface area contributed by atoms with Crippen molar-refractivity contribution in [3.8, 4) is 11.1 Å². The third-order valence-corrected chi connectivity index (χ3v) is 8.36. The van der Waals surface area contributed by atoms with Crippen molar-refractivity contribution in [1.29, 1.82) is 0 Å². The van der Waals surface area contributed by atoms with Crippen molar-refractivity contribution in [3.63, 3.8) is 0 Å². The largest absolute Gasteiger partial charge is 0.0839 e. The van der Waals surface area contributed by atoms with Crippen LogP contribution in [0.15, 0.2) is 109 Å². The molecule has 0 saturated heterocycles. The van der Waals surface area contributed by atoms with Gasteiger partial charge in [-0.25, -0.2) is 0 Å². The van der Waals surface area contributed by atoms with E-state index in [2.05, 4.69) is 110 Å². The Balaban J connectivity index is 1.62. The Morgan fingerprint density at radius 3 is 2.38 bits per heavy atom. The summed E-state index contributed by atoms with van der Waals surface area (Å²) in [4.78, 5) is 0. The molecule has 160 valence electrons. The molecule has 0 N–H and O–H groups in total. The average molecular weight is 433 g/mol. The van der Waals surface area contributed by atoms with Crippen molar-refractivity contribution in [2.45, 2.75) is 25.2 Å². The van der Waals surface area contributed by atoms with E-state index in [-0.39, 0.29) is 5.41 Å². The third kappa shape index (κ3) is 2.10. The SMILES string of the molecule is Cc1ccc2c3c(ccc2c1)-c1ccccc1C31C2=C(CCC=C2)c2cc3ccccc3cc21. The highest BCUT2D eigenvalue weighted by molar-refractivity contribution is 6.05. The first-order valence-electron chi connectivity index (χ1n) is 12.3. The highest BCUT2D eigenvalue weighted by atomic mass is 14.5. The summed E-state index contributed by atoms with van der Waals surface area (Å²) in [5, 5.41) is 5.37. The number of fused-ring (bicyclic) bond motifs is 12. The molecule has 1 atom stereocenters. The van der Waals surface area contributed by atoms with Gasteiger partial charge < -0.3 is 0 Å². The van der Waals surface area contributed by atoms with Gasteiger partial charge in [-0.3, -0.25) is 0 Å². The summed E-state index contributed by atoms with van der Waals surface area (Å²) in [6, 6.07) is 34.6. The average Bonchev–Trinajstić information content (AvgIpc) is 3.34. The van der Waals surface area contributed by atoms with Crippen LogP contribution in [0.3, 0.4) is 0 Å². The normalized spacial score (nSPS) is 19.6. The molecule has 1 spiro atoms. The van der Waals surface area contributed by atoms with Crippen LogP contribution in [0.5, 0.6) is 0 Å². The van der Waals surface area contributed by atoms with Gasteiger partial charge in [0.15, 0.2) is 0 Å². The zero-order chi connectivity index (χ0) is 22.4. The lowest BCUT2D eigenvalue weighted by Crippen LogP contribution is -2.27. The topological polar surface area (TPSA) is 0 Å². The van der Waals surface area contributed by atoms with E-state index in [1.165, 1.54) is 71.6 Å². The molecule has 0 fully saturated rings. The first kappa shape index (κ1) is 18.5. The molecule has 3 aliphatic carbocycles. The van der Waals surface area contributed by atoms with E-state index in [0.717, 1.165) is 12.8 Å². The number of benzene rings is 5. The van der Waals surface area contributed by atoms with E-state index >= 15 is 0 Å². The highest BCUT2D eigenvalue weighted by Gasteiger charge is 2.53. The van der Waals surface area contributed by atoms with Gasteiger partial charge in [-0.15, -0.1) is 0 Å². The molecule has 0 nitrogen and oxygen atoms in total. The van der Waals surface area contributed by atoms with Gasteiger partial charge in [0.25, 0.3) is 0 Å². The summed E-state index contributed by atoms with van der Waals surface area (Å²) >= 11 is 0. The van der Waals surface area contributed by atoms with E-state index in [0.29, 0.717) is 0 Å². The zero-order valence-electron chi connectivity index (χ0n) is 19.2. The number of hydrogen-bond donors (Lipinski definition) is 0. The molecule has 1 unspecified atom stereocenters. The minimum absolute atomic E-state index is 0.258. The van der Waals surface area contributed by atoms with Gasteiger partial charge in [-0.2, -0.15) is 0 Å². The monoisotopic (exact) mass is 432 g/mol. The van der Waals surface area contributed by atoms with E-state index in [4.69, 9.17) is 0 Å². The van der Waals surface area contributed by atoms with E-state index in [1.54, 1.807) is 0 Å². The first-order chi connectivity index (χ1) is 16.8. The number of rotatable bonds is 0. The van der Waals surface area contributed by atoms with Gasteiger partial charge in [0.05, 0.1) is 5.41 Å². The molecule has 3 aliphatic rings. The zero-order valence-corrected chi connectivity index (χ0v) is 19.2. The number of hydrogen-bond acceptors (Lipinski definition) is 0. The molecule has 5 aromatic rings. The molecule has 0 heteroatoms. The smallest absolute Gasteiger partial charge is 0.0728 e. The van der Waals surface area contributed by atoms with Gasteiger partial charge >= 0.3 is 0 Å². The molecule has 34 heavy (non-hydrogen) atoms. The Labute approximate surface area is 199 Å². The van der Waals surface area contributed by atoms with Crippen molar-refractivity contribution in [3.05, 3.63) is 137 Å². The molecule has 0 radical (unpaired) electrons. The van der Waals surface area contributed by atoms with Gasteiger partial charge in [-0.1, -0.05) is 96.6 Å². The Kier molecular flexibility index (Phi) is 3.46. The molecule has 8 rings (SSSR count). The second-order valence-electron chi connectivity index (χ2n) is 10.1. The maximum atomic E-state index is 2.50. The highest BCUT2D eigenvalue weighted by Crippen LogP contribution is 2.64. The lowest BCUT2D eigenvalue weighted by Gasteiger charge is -2.33. The summed E-state index contributed by atoms with van der Waals surface area (Å²) in [5.41, 5.74) is 12.7. The fourth-order valence-corrected chi connectivity index (χ4v) is 7.06. The van der Waals surface area contributed by atoms with Gasteiger partial charge in [-0.05, 0) is 98.0 Å². The third-order valence-electron chi connectivity index (χ3n) is 8.36. The Morgan fingerprint density at radius 1 is 0.647 bits per heavy atom. The Bertz CT molecular complexity index is 1760. The summed E-state index contributed by atoms with van der Waals surface area (Å²) in [6.45, 7) is 2.19. The van der Waals surface area contributed by atoms with Crippen molar-refractivity contribution in [1.82, 2.24) is 0 Å². The second kappa shape index (κ2) is 6.36. The van der Waals surface area contributed by atoms with Crippen LogP contribution < -0.4 is 0 Å². The van der Waals surface area contributed by atoms with Gasteiger partial charge in [0.2, 0.25) is 0 Å². The van der Waals surface area contributed by atoms with Crippen LogP contribution in [0.4, 0.5) is 0 Å². The van der Waals surface area contributed by atoms with Crippen LogP contribution in [0.25, 0.3) is 38.2 Å². The standard InChI is InChI=1S/C34H24/c1-21-14-16-25-24(18-21)15-17-28-26-10-4-6-12-30(26)34(33(25)28)31-13-7-5-11-27(31)29-19-22-8-2-3-9-23(22)20-32(29)34/h2-4,6-10,12-20H,5,11H2,1H3. The van der Waals surface area contributed by atoms with Gasteiger partial charge in [0.1, 0.15) is 0 Å². The minimum atomic E-state index is -0.258. The maximum absolute atomic E-state index is 2.50. The van der Waals surface area contributed by atoms with Crippen LogP contribution in [-0.4, -0.2) is 0 Å². The van der Waals surface area contributed by atoms with Crippen molar-refractivity contribution in [2.24, 2.45) is 0 Å². The molecular formula is C34H24. The lowest BCUT2D eigenvalue weighted by atomic mass is 9.67. The molecular weight excluding hydrogens is 408 g/mol. The van der Waals surface area contributed by atoms with Gasteiger partial charge in [0, 0.05) is 0 Å². The summed E-state index contributed by atoms with van der Waals surface area (Å²) < 4.78 is 0. The molecule has 5 aromatic carbocycles. The van der Waals surface area contributed by atoms with Crippen molar-refractivity contribution in [2.75, 3.05) is 0 Å². The van der Waals surface area contributed by atoms with Crippen molar-refractivity contribution < 1.29 is 0 Å². The molecule has 0 aromatic heterocycles. The predicted octanol–water partition coefficient (Wildman–Crippen LogP) is 8.73. The quantitative estimate of drug-likeness (QED) is 0.229. The lowest BCUT2D eigenvalue weighted by molar-refractivity contribution is 0.789. The molecule has 0 aliphatic heterocycles. The Hall–Kier alpha value is -3.90. The molecule has 0 amide bonds. The summed E-state index contributed by atoms with van der Waals surface area (Å²) in [5.74, 6) is 0. The fourth-order valence-electron chi connectivity index (χ4n) is 7.06. The van der Waals surface area contributed by atoms with Crippen LogP contribution >= 0.6 is 0 Å². The van der Waals surface area contributed by atoms with Crippen LogP contribution in [0, 0.1) is 6.92 Å².